The van der Waals surface area contributed by atoms with E-state index < -0.39 is 6.36 Å². The van der Waals surface area contributed by atoms with Crippen LogP contribution < -0.4 is 4.74 Å². The van der Waals surface area contributed by atoms with Crippen molar-refractivity contribution in [3.05, 3.63) is 25.6 Å². The van der Waals surface area contributed by atoms with Crippen molar-refractivity contribution in [1.82, 2.24) is 0 Å². The standard InChI is InChI=1S/C7H2Br3F3O/c8-4-1-3(14-7(11,12)13)2-5(9)6(4)10/h1-2H. The molecule has 7 heteroatoms. The van der Waals surface area contributed by atoms with Crippen LogP contribution in [0.5, 0.6) is 5.75 Å². The molecule has 0 atom stereocenters. The van der Waals surface area contributed by atoms with Crippen LogP contribution in [0.3, 0.4) is 0 Å². The number of rotatable bonds is 1. The van der Waals surface area contributed by atoms with E-state index in [0.29, 0.717) is 13.4 Å². The van der Waals surface area contributed by atoms with E-state index in [2.05, 4.69) is 52.5 Å². The highest BCUT2D eigenvalue weighted by Crippen LogP contribution is 2.36. The van der Waals surface area contributed by atoms with Crippen LogP contribution in [0.2, 0.25) is 0 Å². The van der Waals surface area contributed by atoms with E-state index in [1.807, 2.05) is 0 Å². The molecule has 1 rings (SSSR count). The van der Waals surface area contributed by atoms with Gasteiger partial charge >= 0.3 is 6.36 Å². The van der Waals surface area contributed by atoms with E-state index in [4.69, 9.17) is 0 Å². The number of alkyl halides is 3. The van der Waals surface area contributed by atoms with Crippen LogP contribution in [0.4, 0.5) is 13.2 Å². The Morgan fingerprint density at radius 3 is 1.79 bits per heavy atom. The van der Waals surface area contributed by atoms with E-state index in [0.717, 1.165) is 0 Å². The summed E-state index contributed by atoms with van der Waals surface area (Å²) in [6.45, 7) is 0. The normalized spacial score (nSPS) is 11.6. The molecule has 1 aromatic carbocycles. The van der Waals surface area contributed by atoms with Crippen molar-refractivity contribution in [3.63, 3.8) is 0 Å². The molecule has 0 amide bonds. The van der Waals surface area contributed by atoms with Gasteiger partial charge in [0.25, 0.3) is 0 Å². The molecule has 0 aliphatic rings. The van der Waals surface area contributed by atoms with Gasteiger partial charge in [-0.1, -0.05) is 0 Å². The highest BCUT2D eigenvalue weighted by molar-refractivity contribution is 9.14. The fourth-order valence-corrected chi connectivity index (χ4v) is 2.10. The van der Waals surface area contributed by atoms with Crippen LogP contribution in [0, 0.1) is 0 Å². The van der Waals surface area contributed by atoms with Crippen LogP contribution in [0.25, 0.3) is 0 Å². The van der Waals surface area contributed by atoms with Gasteiger partial charge in [-0.25, -0.2) is 0 Å². The molecule has 0 aromatic heterocycles. The maximum atomic E-state index is 11.8. The molecule has 0 N–H and O–H groups in total. The number of benzene rings is 1. The van der Waals surface area contributed by atoms with E-state index in [1.54, 1.807) is 0 Å². The predicted molar refractivity (Wildman–Crippen MR) is 56.2 cm³/mol. The fraction of sp³-hybridized carbons (Fsp3) is 0.143. The lowest BCUT2D eigenvalue weighted by molar-refractivity contribution is -0.274. The Balaban J connectivity index is 3.02. The monoisotopic (exact) mass is 396 g/mol. The molecule has 0 aliphatic heterocycles. The van der Waals surface area contributed by atoms with Gasteiger partial charge in [-0.05, 0) is 59.9 Å². The van der Waals surface area contributed by atoms with Crippen molar-refractivity contribution in [3.8, 4) is 5.75 Å². The molecule has 0 unspecified atom stereocenters. The van der Waals surface area contributed by atoms with Crippen molar-refractivity contribution >= 4 is 47.8 Å². The lowest BCUT2D eigenvalue weighted by Crippen LogP contribution is -2.17. The molecule has 0 heterocycles. The third kappa shape index (κ3) is 3.43. The molecule has 0 radical (unpaired) electrons. The summed E-state index contributed by atoms with van der Waals surface area (Å²) in [6, 6.07) is 2.45. The maximum absolute atomic E-state index is 11.8. The van der Waals surface area contributed by atoms with E-state index in [-0.39, 0.29) is 5.75 Å². The molecule has 0 saturated carbocycles. The van der Waals surface area contributed by atoms with Crippen molar-refractivity contribution in [2.24, 2.45) is 0 Å². The van der Waals surface area contributed by atoms with Gasteiger partial charge in [0, 0.05) is 13.4 Å². The van der Waals surface area contributed by atoms with E-state index >= 15 is 0 Å². The molecule has 0 spiro atoms. The van der Waals surface area contributed by atoms with E-state index in [9.17, 15) is 13.2 Å². The summed E-state index contributed by atoms with van der Waals surface area (Å²) in [4.78, 5) is 0. The molecule has 0 bridgehead atoms. The Labute approximate surface area is 103 Å². The summed E-state index contributed by atoms with van der Waals surface area (Å²) < 4.78 is 40.8. The Morgan fingerprint density at radius 2 is 1.43 bits per heavy atom. The van der Waals surface area contributed by atoms with Gasteiger partial charge in [-0.15, -0.1) is 13.2 Å². The van der Waals surface area contributed by atoms with Crippen LogP contribution in [-0.4, -0.2) is 6.36 Å². The van der Waals surface area contributed by atoms with Gasteiger partial charge in [0.05, 0.1) is 0 Å². The average Bonchev–Trinajstić information content (AvgIpc) is 1.96. The third-order valence-corrected chi connectivity index (χ3v) is 4.36. The Bertz CT molecular complexity index is 328. The zero-order valence-electron chi connectivity index (χ0n) is 6.33. The smallest absolute Gasteiger partial charge is 0.406 e. The van der Waals surface area contributed by atoms with Gasteiger partial charge < -0.3 is 4.74 Å². The molecular weight excluding hydrogens is 397 g/mol. The van der Waals surface area contributed by atoms with Crippen LogP contribution in [0.1, 0.15) is 0 Å². The van der Waals surface area contributed by atoms with Crippen LogP contribution in [0.15, 0.2) is 25.6 Å². The number of ether oxygens (including phenoxy) is 1. The number of hydrogen-bond acceptors (Lipinski definition) is 1. The molecule has 1 aromatic rings. The summed E-state index contributed by atoms with van der Waals surface area (Å²) in [5.74, 6) is -0.278. The van der Waals surface area contributed by atoms with Crippen molar-refractivity contribution in [1.29, 1.82) is 0 Å². The van der Waals surface area contributed by atoms with Crippen LogP contribution >= 0.6 is 47.8 Å². The fourth-order valence-electron chi connectivity index (χ4n) is 0.725. The average molecular weight is 399 g/mol. The van der Waals surface area contributed by atoms with Crippen LogP contribution in [-0.2, 0) is 0 Å². The molecular formula is C7H2Br3F3O. The Hall–Kier alpha value is 0.250. The maximum Gasteiger partial charge on any atom is 0.573 e. The second-order valence-electron chi connectivity index (χ2n) is 2.25. The molecule has 0 fully saturated rings. The topological polar surface area (TPSA) is 9.23 Å². The van der Waals surface area contributed by atoms with Gasteiger partial charge in [0.1, 0.15) is 5.75 Å². The molecule has 1 nitrogen and oxygen atoms in total. The summed E-state index contributed by atoms with van der Waals surface area (Å²) in [5, 5.41) is 0. The summed E-state index contributed by atoms with van der Waals surface area (Å²) in [6.07, 6.45) is -4.67. The lowest BCUT2D eigenvalue weighted by Gasteiger charge is -2.10. The highest BCUT2D eigenvalue weighted by Gasteiger charge is 2.31. The first kappa shape index (κ1) is 12.3. The van der Waals surface area contributed by atoms with Crippen molar-refractivity contribution < 1.29 is 17.9 Å². The van der Waals surface area contributed by atoms with Crippen molar-refractivity contribution in [2.45, 2.75) is 6.36 Å². The molecule has 0 saturated heterocycles. The van der Waals surface area contributed by atoms with Gasteiger partial charge in [0.2, 0.25) is 0 Å². The summed E-state index contributed by atoms with van der Waals surface area (Å²) in [5.41, 5.74) is 0. The first-order chi connectivity index (χ1) is 6.29. The number of hydrogen-bond donors (Lipinski definition) is 0. The minimum Gasteiger partial charge on any atom is -0.406 e. The second kappa shape index (κ2) is 4.40. The summed E-state index contributed by atoms with van der Waals surface area (Å²) >= 11 is 9.32. The van der Waals surface area contributed by atoms with Gasteiger partial charge in [0.15, 0.2) is 0 Å². The van der Waals surface area contributed by atoms with Gasteiger partial charge in [-0.3, -0.25) is 0 Å². The quantitative estimate of drug-likeness (QED) is 0.613. The minimum atomic E-state index is -4.67. The van der Waals surface area contributed by atoms with Gasteiger partial charge in [-0.2, -0.15) is 0 Å². The highest BCUT2D eigenvalue weighted by atomic mass is 79.9. The molecule has 78 valence electrons. The second-order valence-corrected chi connectivity index (χ2v) is 4.75. The predicted octanol–water partition coefficient (Wildman–Crippen LogP) is 4.87. The first-order valence-corrected chi connectivity index (χ1v) is 5.58. The first-order valence-electron chi connectivity index (χ1n) is 3.20. The molecule has 14 heavy (non-hydrogen) atoms. The Kier molecular flexibility index (Phi) is 3.87. The van der Waals surface area contributed by atoms with Crippen molar-refractivity contribution in [2.75, 3.05) is 0 Å². The Morgan fingerprint density at radius 1 is 1.00 bits per heavy atom. The summed E-state index contributed by atoms with van der Waals surface area (Å²) in [7, 11) is 0. The SMILES string of the molecule is FC(F)(F)Oc1cc(Br)c(Br)c(Br)c1. The largest absolute Gasteiger partial charge is 0.573 e. The molecule has 0 aliphatic carbocycles. The zero-order chi connectivity index (χ0) is 10.9. The number of halogens is 6. The van der Waals surface area contributed by atoms with E-state index in [1.165, 1.54) is 12.1 Å². The third-order valence-electron chi connectivity index (χ3n) is 1.19. The minimum absolute atomic E-state index is 0.278. The lowest BCUT2D eigenvalue weighted by atomic mass is 10.3. The zero-order valence-corrected chi connectivity index (χ0v) is 11.1.